The van der Waals surface area contributed by atoms with Crippen molar-refractivity contribution in [3.63, 3.8) is 0 Å². The highest BCUT2D eigenvalue weighted by Gasteiger charge is 2.10. The van der Waals surface area contributed by atoms with E-state index in [9.17, 15) is 4.57 Å². The first-order valence-corrected chi connectivity index (χ1v) is 11.2. The highest BCUT2D eigenvalue weighted by molar-refractivity contribution is 7.51. The number of hydrogen-bond acceptors (Lipinski definition) is 2. The molecule has 24 heavy (non-hydrogen) atoms. The van der Waals surface area contributed by atoms with Gasteiger partial charge in [-0.05, 0) is 44.3 Å². The van der Waals surface area contributed by atoms with E-state index in [4.69, 9.17) is 9.79 Å². The molecule has 0 atom stereocenters. The first-order valence-electron chi connectivity index (χ1n) is 9.37. The molecular formula is C19H34NO3P. The topological polar surface area (TPSA) is 69.6 Å². The van der Waals surface area contributed by atoms with Crippen LogP contribution in [0.1, 0.15) is 63.4 Å². The predicted octanol–water partition coefficient (Wildman–Crippen LogP) is 4.51. The van der Waals surface area contributed by atoms with Gasteiger partial charge in [0.05, 0.1) is 6.16 Å². The number of unbranched alkanes of at least 4 members (excludes halogenated alkanes) is 7. The third kappa shape index (κ3) is 13.7. The van der Waals surface area contributed by atoms with E-state index in [2.05, 4.69) is 35.6 Å². The van der Waals surface area contributed by atoms with Gasteiger partial charge in [0, 0.05) is 0 Å². The number of rotatable bonds is 15. The maximum atomic E-state index is 10.7. The molecule has 4 nitrogen and oxygen atoms in total. The fourth-order valence-corrected chi connectivity index (χ4v) is 3.39. The van der Waals surface area contributed by atoms with E-state index in [0.717, 1.165) is 13.0 Å². The van der Waals surface area contributed by atoms with Gasteiger partial charge in [-0.25, -0.2) is 0 Å². The predicted molar refractivity (Wildman–Crippen MR) is 101 cm³/mol. The lowest BCUT2D eigenvalue weighted by Crippen LogP contribution is -2.17. The summed E-state index contributed by atoms with van der Waals surface area (Å²) in [6.07, 6.45) is 12.1. The largest absolute Gasteiger partial charge is 0.325 e. The summed E-state index contributed by atoms with van der Waals surface area (Å²) in [7, 11) is -3.81. The standard InChI is InChI=1S/C19H34NO3P/c21-24(22,23)18-12-17-20-16-11-6-4-2-1-3-5-8-13-19-14-9-7-10-15-19/h7,9-10,14-15,20H,1-6,8,11-13,16-18H2,(H2,21,22,23). The Labute approximate surface area is 147 Å². The van der Waals surface area contributed by atoms with E-state index in [1.165, 1.54) is 56.9 Å². The third-order valence-electron chi connectivity index (χ3n) is 4.21. The van der Waals surface area contributed by atoms with Crippen molar-refractivity contribution in [2.24, 2.45) is 0 Å². The van der Waals surface area contributed by atoms with E-state index in [1.807, 2.05) is 0 Å². The molecule has 0 aliphatic rings. The summed E-state index contributed by atoms with van der Waals surface area (Å²) in [5.74, 6) is 0. The molecule has 0 radical (unpaired) electrons. The molecule has 1 aromatic rings. The Kier molecular flexibility index (Phi) is 12.1. The molecule has 3 N–H and O–H groups in total. The smallest absolute Gasteiger partial charge is 0.324 e. The average Bonchev–Trinajstić information content (AvgIpc) is 2.55. The van der Waals surface area contributed by atoms with E-state index in [1.54, 1.807) is 0 Å². The highest BCUT2D eigenvalue weighted by Crippen LogP contribution is 2.34. The second-order valence-corrected chi connectivity index (χ2v) is 8.33. The minimum Gasteiger partial charge on any atom is -0.324 e. The van der Waals surface area contributed by atoms with Crippen molar-refractivity contribution in [2.75, 3.05) is 19.3 Å². The Morgan fingerprint density at radius 2 is 1.29 bits per heavy atom. The van der Waals surface area contributed by atoms with Gasteiger partial charge in [0.1, 0.15) is 0 Å². The van der Waals surface area contributed by atoms with Gasteiger partial charge in [0.25, 0.3) is 0 Å². The quantitative estimate of drug-likeness (QED) is 0.320. The SMILES string of the molecule is O=P(O)(O)CCCNCCCCCCCCCCc1ccccc1. The lowest BCUT2D eigenvalue weighted by Gasteiger charge is -2.06. The fraction of sp³-hybridized carbons (Fsp3) is 0.684. The summed E-state index contributed by atoms with van der Waals surface area (Å²) in [6, 6.07) is 10.7. The van der Waals surface area contributed by atoms with Crippen molar-refractivity contribution in [3.8, 4) is 0 Å². The number of benzene rings is 1. The van der Waals surface area contributed by atoms with Crippen LogP contribution >= 0.6 is 7.60 Å². The van der Waals surface area contributed by atoms with Crippen LogP contribution in [-0.2, 0) is 11.0 Å². The number of aryl methyl sites for hydroxylation is 1. The van der Waals surface area contributed by atoms with Crippen molar-refractivity contribution in [1.82, 2.24) is 5.32 Å². The Morgan fingerprint density at radius 1 is 0.750 bits per heavy atom. The van der Waals surface area contributed by atoms with Gasteiger partial charge >= 0.3 is 7.60 Å². The summed E-state index contributed by atoms with van der Waals surface area (Å²) in [6.45, 7) is 1.66. The third-order valence-corrected chi connectivity index (χ3v) is 5.11. The average molecular weight is 355 g/mol. The van der Waals surface area contributed by atoms with E-state index in [-0.39, 0.29) is 6.16 Å². The monoisotopic (exact) mass is 355 g/mol. The van der Waals surface area contributed by atoms with Gasteiger partial charge in [-0.3, -0.25) is 4.57 Å². The molecule has 0 aliphatic carbocycles. The van der Waals surface area contributed by atoms with Crippen LogP contribution in [0.5, 0.6) is 0 Å². The number of nitrogens with one attached hydrogen (secondary N) is 1. The van der Waals surface area contributed by atoms with Crippen LogP contribution in [0.3, 0.4) is 0 Å². The van der Waals surface area contributed by atoms with Crippen molar-refractivity contribution in [2.45, 2.75) is 64.2 Å². The molecule has 0 saturated heterocycles. The molecule has 5 heteroatoms. The molecule has 0 unspecified atom stereocenters. The Bertz CT molecular complexity index is 447. The lowest BCUT2D eigenvalue weighted by molar-refractivity contribution is 0.371. The van der Waals surface area contributed by atoms with E-state index >= 15 is 0 Å². The van der Waals surface area contributed by atoms with Gasteiger partial charge in [-0.15, -0.1) is 0 Å². The van der Waals surface area contributed by atoms with Crippen molar-refractivity contribution >= 4 is 7.60 Å². The fourth-order valence-electron chi connectivity index (χ4n) is 2.82. The number of hydrogen-bond donors (Lipinski definition) is 3. The molecule has 0 spiro atoms. The zero-order chi connectivity index (χ0) is 17.5. The van der Waals surface area contributed by atoms with Crippen LogP contribution in [0, 0.1) is 0 Å². The Morgan fingerprint density at radius 3 is 1.92 bits per heavy atom. The molecule has 0 amide bonds. The van der Waals surface area contributed by atoms with Crippen LogP contribution in [-0.4, -0.2) is 29.0 Å². The second kappa shape index (κ2) is 13.6. The molecule has 0 saturated carbocycles. The summed E-state index contributed by atoms with van der Waals surface area (Å²) in [4.78, 5) is 17.5. The first-order chi connectivity index (χ1) is 11.6. The van der Waals surface area contributed by atoms with Crippen molar-refractivity contribution in [3.05, 3.63) is 35.9 Å². The minimum absolute atomic E-state index is 0.00965. The van der Waals surface area contributed by atoms with Gasteiger partial charge in [-0.1, -0.05) is 68.9 Å². The zero-order valence-electron chi connectivity index (χ0n) is 14.8. The highest BCUT2D eigenvalue weighted by atomic mass is 31.2. The van der Waals surface area contributed by atoms with Crippen LogP contribution < -0.4 is 5.32 Å². The molecule has 0 heterocycles. The van der Waals surface area contributed by atoms with Crippen LogP contribution in [0.15, 0.2) is 30.3 Å². The van der Waals surface area contributed by atoms with Gasteiger partial charge < -0.3 is 15.1 Å². The van der Waals surface area contributed by atoms with E-state index in [0.29, 0.717) is 13.0 Å². The maximum absolute atomic E-state index is 10.7. The van der Waals surface area contributed by atoms with E-state index < -0.39 is 7.60 Å². The molecule has 138 valence electrons. The first kappa shape index (κ1) is 21.4. The van der Waals surface area contributed by atoms with Crippen molar-refractivity contribution < 1.29 is 14.4 Å². The van der Waals surface area contributed by atoms with Gasteiger partial charge in [0.15, 0.2) is 0 Å². The summed E-state index contributed by atoms with van der Waals surface area (Å²) in [5, 5.41) is 3.25. The van der Waals surface area contributed by atoms with Crippen LogP contribution in [0.2, 0.25) is 0 Å². The molecule has 0 aliphatic heterocycles. The van der Waals surface area contributed by atoms with Gasteiger partial charge in [0.2, 0.25) is 0 Å². The molecule has 0 aromatic heterocycles. The summed E-state index contributed by atoms with van der Waals surface area (Å²) in [5.41, 5.74) is 1.45. The van der Waals surface area contributed by atoms with Crippen molar-refractivity contribution in [1.29, 1.82) is 0 Å². The van der Waals surface area contributed by atoms with Gasteiger partial charge in [-0.2, -0.15) is 0 Å². The molecule has 0 bridgehead atoms. The maximum Gasteiger partial charge on any atom is 0.325 e. The Balaban J connectivity index is 1.75. The second-order valence-electron chi connectivity index (χ2n) is 6.56. The molecule has 1 aromatic carbocycles. The minimum atomic E-state index is -3.81. The normalized spacial score (nSPS) is 11.8. The van der Waals surface area contributed by atoms with Crippen LogP contribution in [0.4, 0.5) is 0 Å². The van der Waals surface area contributed by atoms with Crippen LogP contribution in [0.25, 0.3) is 0 Å². The molecule has 1 rings (SSSR count). The Hall–Kier alpha value is -0.670. The summed E-state index contributed by atoms with van der Waals surface area (Å²) < 4.78 is 10.7. The zero-order valence-corrected chi connectivity index (χ0v) is 15.7. The molecule has 0 fully saturated rings. The molecular weight excluding hydrogens is 321 g/mol. The summed E-state index contributed by atoms with van der Waals surface area (Å²) >= 11 is 0. The lowest BCUT2D eigenvalue weighted by atomic mass is 10.0.